The number of thioether (sulfide) groups is 1. The molecule has 0 radical (unpaired) electrons. The van der Waals surface area contributed by atoms with Gasteiger partial charge in [-0.05, 0) is 63.9 Å². The van der Waals surface area contributed by atoms with Crippen LogP contribution in [0.3, 0.4) is 0 Å². The number of nitrogens with one attached hydrogen (secondary N) is 1. The number of benzene rings is 1. The Kier molecular flexibility index (Phi) is 10.7. The van der Waals surface area contributed by atoms with Gasteiger partial charge >= 0.3 is 0 Å². The molecule has 5 heteroatoms. The molecule has 1 heterocycles. The molecule has 1 aromatic rings. The summed E-state index contributed by atoms with van der Waals surface area (Å²) in [5.74, 6) is 3.07. The first-order valence-electron chi connectivity index (χ1n) is 10.7. The Morgan fingerprint density at radius 3 is 2.67 bits per heavy atom. The van der Waals surface area contributed by atoms with Crippen molar-refractivity contribution >= 4 is 17.7 Å². The first-order valence-corrected chi connectivity index (χ1v) is 11.7. The Morgan fingerprint density at radius 2 is 1.96 bits per heavy atom. The second-order valence-electron chi connectivity index (χ2n) is 7.19. The standard InChI is InChI=1S/C22H38N4S/c1-4-23-22(24-15-10-11-16-25(5-2)6-3)26-17-14-20(18-26)19-27-21-12-8-7-9-13-21/h7-9,12-13,20H,4-6,10-11,14-19H2,1-3H3,(H,23,24). The zero-order chi connectivity index (χ0) is 19.3. The van der Waals surface area contributed by atoms with Gasteiger partial charge in [-0.15, -0.1) is 11.8 Å². The molecule has 0 spiro atoms. The van der Waals surface area contributed by atoms with E-state index in [-0.39, 0.29) is 0 Å². The molecule has 152 valence electrons. The summed E-state index contributed by atoms with van der Waals surface area (Å²) in [5, 5.41) is 3.50. The third-order valence-electron chi connectivity index (χ3n) is 5.19. The molecule has 2 rings (SSSR count). The van der Waals surface area contributed by atoms with Crippen LogP contribution in [0.2, 0.25) is 0 Å². The second-order valence-corrected chi connectivity index (χ2v) is 8.29. The Labute approximate surface area is 170 Å². The maximum atomic E-state index is 4.90. The number of unbranched alkanes of at least 4 members (excludes halogenated alkanes) is 1. The van der Waals surface area contributed by atoms with E-state index < -0.39 is 0 Å². The van der Waals surface area contributed by atoms with Crippen molar-refractivity contribution in [2.24, 2.45) is 10.9 Å². The van der Waals surface area contributed by atoms with Gasteiger partial charge in [-0.3, -0.25) is 4.99 Å². The van der Waals surface area contributed by atoms with E-state index >= 15 is 0 Å². The third-order valence-corrected chi connectivity index (χ3v) is 6.43. The van der Waals surface area contributed by atoms with E-state index in [4.69, 9.17) is 4.99 Å². The van der Waals surface area contributed by atoms with Gasteiger partial charge in [-0.1, -0.05) is 32.0 Å². The zero-order valence-corrected chi connectivity index (χ0v) is 18.3. The van der Waals surface area contributed by atoms with Gasteiger partial charge in [0.2, 0.25) is 0 Å². The molecule has 0 bridgehead atoms. The minimum Gasteiger partial charge on any atom is -0.357 e. The first-order chi connectivity index (χ1) is 13.3. The third kappa shape index (κ3) is 8.14. The van der Waals surface area contributed by atoms with Crippen molar-refractivity contribution in [2.75, 3.05) is 51.6 Å². The average Bonchev–Trinajstić information content (AvgIpc) is 3.18. The molecule has 27 heavy (non-hydrogen) atoms. The quantitative estimate of drug-likeness (QED) is 0.266. The first kappa shape index (κ1) is 22.1. The molecular weight excluding hydrogens is 352 g/mol. The molecule has 1 aliphatic heterocycles. The molecule has 0 saturated carbocycles. The number of nitrogens with zero attached hydrogens (tertiary/aromatic N) is 3. The van der Waals surface area contributed by atoms with Crippen molar-refractivity contribution in [3.05, 3.63) is 30.3 Å². The van der Waals surface area contributed by atoms with Gasteiger partial charge in [0, 0.05) is 36.8 Å². The monoisotopic (exact) mass is 390 g/mol. The van der Waals surface area contributed by atoms with Crippen molar-refractivity contribution in [3.8, 4) is 0 Å². The molecule has 4 nitrogen and oxygen atoms in total. The minimum atomic E-state index is 0.752. The molecule has 0 aromatic heterocycles. The predicted octanol–water partition coefficient (Wildman–Crippen LogP) is 4.19. The van der Waals surface area contributed by atoms with E-state index in [0.29, 0.717) is 0 Å². The highest BCUT2D eigenvalue weighted by Crippen LogP contribution is 2.25. The highest BCUT2D eigenvalue weighted by molar-refractivity contribution is 7.99. The summed E-state index contributed by atoms with van der Waals surface area (Å²) in [6, 6.07) is 10.8. The Bertz CT molecular complexity index is 530. The Balaban J connectivity index is 1.73. The summed E-state index contributed by atoms with van der Waals surface area (Å²) in [6.45, 7) is 14.3. The number of likely N-dealkylation sites (tertiary alicyclic amines) is 1. The molecule has 1 unspecified atom stereocenters. The number of guanidine groups is 1. The smallest absolute Gasteiger partial charge is 0.193 e. The molecule has 1 fully saturated rings. The van der Waals surface area contributed by atoms with Crippen LogP contribution in [0.15, 0.2) is 40.2 Å². The van der Waals surface area contributed by atoms with Crippen LogP contribution in [0, 0.1) is 5.92 Å². The van der Waals surface area contributed by atoms with Crippen LogP contribution in [0.25, 0.3) is 0 Å². The number of rotatable bonds is 11. The predicted molar refractivity (Wildman–Crippen MR) is 120 cm³/mol. The van der Waals surface area contributed by atoms with E-state index in [2.05, 4.69) is 66.2 Å². The molecule has 0 amide bonds. The van der Waals surface area contributed by atoms with Gasteiger partial charge in [-0.2, -0.15) is 0 Å². The number of aliphatic imine (C=N–C) groups is 1. The fraction of sp³-hybridized carbons (Fsp3) is 0.682. The van der Waals surface area contributed by atoms with E-state index in [1.807, 2.05) is 11.8 Å². The van der Waals surface area contributed by atoms with E-state index in [1.54, 1.807) is 0 Å². The van der Waals surface area contributed by atoms with Gasteiger partial charge in [0.05, 0.1) is 0 Å². The Hall–Kier alpha value is -1.20. The SMILES string of the molecule is CCNC(=NCCCCN(CC)CC)N1CCC(CSc2ccccc2)C1. The zero-order valence-electron chi connectivity index (χ0n) is 17.5. The lowest BCUT2D eigenvalue weighted by Crippen LogP contribution is -2.40. The summed E-state index contributed by atoms with van der Waals surface area (Å²) in [4.78, 5) is 11.2. The van der Waals surface area contributed by atoms with Gasteiger partial charge in [0.1, 0.15) is 0 Å². The van der Waals surface area contributed by atoms with E-state index in [1.165, 1.54) is 36.5 Å². The fourth-order valence-electron chi connectivity index (χ4n) is 3.49. The average molecular weight is 391 g/mol. The number of hydrogen-bond donors (Lipinski definition) is 1. The lowest BCUT2D eigenvalue weighted by atomic mass is 10.2. The van der Waals surface area contributed by atoms with Crippen molar-refractivity contribution < 1.29 is 0 Å². The van der Waals surface area contributed by atoms with Crippen molar-refractivity contribution in [1.29, 1.82) is 0 Å². The van der Waals surface area contributed by atoms with Crippen LogP contribution in [0.1, 0.15) is 40.0 Å². The largest absolute Gasteiger partial charge is 0.357 e. The van der Waals surface area contributed by atoms with Gasteiger partial charge < -0.3 is 15.1 Å². The molecular formula is C22H38N4S. The van der Waals surface area contributed by atoms with Crippen LogP contribution in [0.4, 0.5) is 0 Å². The summed E-state index contributed by atoms with van der Waals surface area (Å²) in [6.07, 6.45) is 3.68. The van der Waals surface area contributed by atoms with Crippen molar-refractivity contribution in [2.45, 2.75) is 44.9 Å². The van der Waals surface area contributed by atoms with Crippen molar-refractivity contribution in [1.82, 2.24) is 15.1 Å². The van der Waals surface area contributed by atoms with Crippen molar-refractivity contribution in [3.63, 3.8) is 0 Å². The summed E-state index contributed by atoms with van der Waals surface area (Å²) in [5.41, 5.74) is 0. The Morgan fingerprint density at radius 1 is 1.19 bits per heavy atom. The lowest BCUT2D eigenvalue weighted by Gasteiger charge is -2.22. The van der Waals surface area contributed by atoms with Crippen LogP contribution in [-0.4, -0.2) is 67.3 Å². The van der Waals surface area contributed by atoms with Gasteiger partial charge in [0.15, 0.2) is 5.96 Å². The van der Waals surface area contributed by atoms with Crippen LogP contribution < -0.4 is 5.32 Å². The molecule has 1 N–H and O–H groups in total. The van der Waals surface area contributed by atoms with Crippen LogP contribution >= 0.6 is 11.8 Å². The minimum absolute atomic E-state index is 0.752. The maximum absolute atomic E-state index is 4.90. The number of hydrogen-bond acceptors (Lipinski definition) is 3. The molecule has 1 aliphatic rings. The highest BCUT2D eigenvalue weighted by atomic mass is 32.2. The molecule has 1 atom stereocenters. The van der Waals surface area contributed by atoms with Crippen LogP contribution in [-0.2, 0) is 0 Å². The van der Waals surface area contributed by atoms with E-state index in [0.717, 1.165) is 51.1 Å². The molecule has 1 saturated heterocycles. The molecule has 0 aliphatic carbocycles. The fourth-order valence-corrected chi connectivity index (χ4v) is 4.54. The van der Waals surface area contributed by atoms with Crippen LogP contribution in [0.5, 0.6) is 0 Å². The maximum Gasteiger partial charge on any atom is 0.193 e. The second kappa shape index (κ2) is 13.1. The topological polar surface area (TPSA) is 30.9 Å². The summed E-state index contributed by atoms with van der Waals surface area (Å²) < 4.78 is 0. The molecule has 1 aromatic carbocycles. The summed E-state index contributed by atoms with van der Waals surface area (Å²) in [7, 11) is 0. The summed E-state index contributed by atoms with van der Waals surface area (Å²) >= 11 is 1.98. The van der Waals surface area contributed by atoms with Gasteiger partial charge in [0.25, 0.3) is 0 Å². The highest BCUT2D eigenvalue weighted by Gasteiger charge is 2.24. The van der Waals surface area contributed by atoms with Gasteiger partial charge in [-0.25, -0.2) is 0 Å². The normalized spacial score (nSPS) is 17.7. The lowest BCUT2D eigenvalue weighted by molar-refractivity contribution is 0.297. The van der Waals surface area contributed by atoms with E-state index in [9.17, 15) is 0 Å².